The summed E-state index contributed by atoms with van der Waals surface area (Å²) in [6, 6.07) is 20.9. The van der Waals surface area contributed by atoms with Crippen molar-refractivity contribution in [2.75, 3.05) is 24.3 Å². The first-order valence-electron chi connectivity index (χ1n) is 13.3. The van der Waals surface area contributed by atoms with Gasteiger partial charge in [-0.1, -0.05) is 24.3 Å². The van der Waals surface area contributed by atoms with Gasteiger partial charge in [-0.25, -0.2) is 8.91 Å². The average Bonchev–Trinajstić information content (AvgIpc) is 3.41. The van der Waals surface area contributed by atoms with Crippen molar-refractivity contribution in [3.8, 4) is 16.9 Å². The Balaban J connectivity index is 1.26. The average molecular weight is 607 g/mol. The molecule has 0 spiro atoms. The van der Waals surface area contributed by atoms with Crippen molar-refractivity contribution >= 4 is 34.8 Å². The maximum atomic E-state index is 13.2. The van der Waals surface area contributed by atoms with Gasteiger partial charge in [0.25, 0.3) is 5.91 Å². The van der Waals surface area contributed by atoms with Gasteiger partial charge in [0.1, 0.15) is 18.1 Å². The first kappa shape index (κ1) is 30.0. The normalized spacial score (nSPS) is 12.0. The van der Waals surface area contributed by atoms with Crippen LogP contribution in [0.2, 0.25) is 0 Å². The van der Waals surface area contributed by atoms with Crippen molar-refractivity contribution in [3.63, 3.8) is 0 Å². The van der Waals surface area contributed by atoms with Gasteiger partial charge in [0, 0.05) is 23.0 Å². The Bertz CT molecular complexity index is 1800. The molecule has 5 rings (SSSR count). The second kappa shape index (κ2) is 12.4. The minimum absolute atomic E-state index is 0.00257. The molecule has 3 aromatic carbocycles. The zero-order valence-corrected chi connectivity index (χ0v) is 23.4. The number of halogens is 4. The highest BCUT2D eigenvalue weighted by molar-refractivity contribution is 5.96. The summed E-state index contributed by atoms with van der Waals surface area (Å²) in [4.78, 5) is 29.2. The van der Waals surface area contributed by atoms with E-state index in [1.54, 1.807) is 48.0 Å². The molecule has 0 aliphatic carbocycles. The summed E-state index contributed by atoms with van der Waals surface area (Å²) in [6.45, 7) is 0.305. The van der Waals surface area contributed by atoms with Crippen LogP contribution in [0, 0.1) is 5.82 Å². The monoisotopic (exact) mass is 606 g/mol. The zero-order valence-electron chi connectivity index (χ0n) is 23.4. The third kappa shape index (κ3) is 7.12. The van der Waals surface area contributed by atoms with Crippen molar-refractivity contribution in [3.05, 3.63) is 102 Å². The number of nitrogens with zero attached hydrogens (tertiary/aromatic N) is 3. The van der Waals surface area contributed by atoms with E-state index in [9.17, 15) is 27.2 Å². The maximum Gasteiger partial charge on any atom is 0.405 e. The smallest absolute Gasteiger partial charge is 0.405 e. The second-order valence-corrected chi connectivity index (χ2v) is 9.83. The van der Waals surface area contributed by atoms with Gasteiger partial charge < -0.3 is 20.7 Å². The molecule has 0 fully saturated rings. The summed E-state index contributed by atoms with van der Waals surface area (Å²) in [6.07, 6.45) is -2.74. The Morgan fingerprint density at radius 2 is 1.66 bits per heavy atom. The van der Waals surface area contributed by atoms with E-state index in [4.69, 9.17) is 4.74 Å². The van der Waals surface area contributed by atoms with Crippen LogP contribution in [0.3, 0.4) is 0 Å². The van der Waals surface area contributed by atoms with Gasteiger partial charge in [0.2, 0.25) is 11.9 Å². The lowest BCUT2D eigenvalue weighted by Crippen LogP contribution is -2.33. The molecule has 0 radical (unpaired) electrons. The summed E-state index contributed by atoms with van der Waals surface area (Å²) in [5.74, 6) is -1.50. The highest BCUT2D eigenvalue weighted by Crippen LogP contribution is 2.29. The zero-order chi connectivity index (χ0) is 31.4. The molecular formula is C31H26F4N6O3. The number of hydrogen-bond donors (Lipinski definition) is 3. The Morgan fingerprint density at radius 3 is 2.34 bits per heavy atom. The Labute approximate surface area is 248 Å². The number of fused-ring (bicyclic) bond motifs is 1. The standard InChI is InChI=1S/C31H26F4N6O3/c1-18(19-3-9-23(32)10-4-19)28(42)37-24-11-5-20(6-12-24)22-8-14-27-39-30(40-41(27)16-22)38-25-13-7-21(15-26(25)44-2)29(43)36-17-31(33,34)35/h3-16,18H,17H2,1-2H3,(H,36,43)(H,37,42)(H,38,40). The van der Waals surface area contributed by atoms with Crippen LogP contribution in [-0.4, -0.2) is 46.2 Å². The van der Waals surface area contributed by atoms with Crippen LogP contribution in [0.15, 0.2) is 85.1 Å². The quantitative estimate of drug-likeness (QED) is 0.170. The summed E-state index contributed by atoms with van der Waals surface area (Å²) in [5.41, 5.74) is 3.95. The first-order valence-corrected chi connectivity index (χ1v) is 13.3. The number of rotatable bonds is 9. The molecule has 5 aromatic rings. The third-order valence-electron chi connectivity index (χ3n) is 6.74. The van der Waals surface area contributed by atoms with Gasteiger partial charge in [-0.3, -0.25) is 9.59 Å². The SMILES string of the molecule is COc1cc(C(=O)NCC(F)(F)F)ccc1Nc1nc2ccc(-c3ccc(NC(=O)C(C)c4ccc(F)cc4)cc3)cn2n1. The number of ether oxygens (including phenoxy) is 1. The number of methoxy groups -OCH3 is 1. The highest BCUT2D eigenvalue weighted by atomic mass is 19.4. The third-order valence-corrected chi connectivity index (χ3v) is 6.74. The summed E-state index contributed by atoms with van der Waals surface area (Å²) < 4.78 is 57.4. The number of nitrogens with one attached hydrogen (secondary N) is 3. The van der Waals surface area contributed by atoms with E-state index in [2.05, 4.69) is 20.7 Å². The number of hydrogen-bond acceptors (Lipinski definition) is 6. The van der Waals surface area contributed by atoms with Gasteiger partial charge in [0.05, 0.1) is 18.7 Å². The van der Waals surface area contributed by atoms with E-state index < -0.39 is 24.5 Å². The fourth-order valence-corrected chi connectivity index (χ4v) is 4.34. The number of carbonyl (C=O) groups excluding carboxylic acids is 2. The van der Waals surface area contributed by atoms with E-state index in [1.165, 1.54) is 37.4 Å². The number of carbonyl (C=O) groups is 2. The molecule has 0 bridgehead atoms. The van der Waals surface area contributed by atoms with Gasteiger partial charge in [-0.05, 0) is 72.6 Å². The number of pyridine rings is 1. The molecule has 0 saturated heterocycles. The largest absolute Gasteiger partial charge is 0.495 e. The van der Waals surface area contributed by atoms with E-state index >= 15 is 0 Å². The molecule has 0 aliphatic rings. The van der Waals surface area contributed by atoms with Crippen LogP contribution in [0.5, 0.6) is 5.75 Å². The number of aromatic nitrogens is 3. The molecule has 13 heteroatoms. The van der Waals surface area contributed by atoms with E-state index in [-0.39, 0.29) is 29.0 Å². The molecule has 1 unspecified atom stereocenters. The fourth-order valence-electron chi connectivity index (χ4n) is 4.34. The fraction of sp³-hybridized carbons (Fsp3) is 0.161. The van der Waals surface area contributed by atoms with Crippen molar-refractivity contribution < 1.29 is 31.9 Å². The second-order valence-electron chi connectivity index (χ2n) is 9.83. The Hall–Kier alpha value is -5.46. The minimum atomic E-state index is -4.52. The number of amides is 2. The van der Waals surface area contributed by atoms with Crippen LogP contribution in [0.4, 0.5) is 34.9 Å². The molecule has 2 aromatic heterocycles. The molecule has 226 valence electrons. The summed E-state index contributed by atoms with van der Waals surface area (Å²) in [7, 11) is 1.37. The molecule has 0 saturated carbocycles. The molecule has 1 atom stereocenters. The molecule has 2 amide bonds. The van der Waals surface area contributed by atoms with Crippen molar-refractivity contribution in [1.82, 2.24) is 19.9 Å². The van der Waals surface area contributed by atoms with Crippen molar-refractivity contribution in [2.45, 2.75) is 19.0 Å². The van der Waals surface area contributed by atoms with Gasteiger partial charge in [-0.2, -0.15) is 18.2 Å². The lowest BCUT2D eigenvalue weighted by Gasteiger charge is -2.13. The Kier molecular flexibility index (Phi) is 8.47. The van der Waals surface area contributed by atoms with Crippen LogP contribution >= 0.6 is 0 Å². The van der Waals surface area contributed by atoms with Gasteiger partial charge >= 0.3 is 6.18 Å². The minimum Gasteiger partial charge on any atom is -0.495 e. The van der Waals surface area contributed by atoms with Crippen LogP contribution in [0.25, 0.3) is 16.8 Å². The number of alkyl halides is 3. The summed E-state index contributed by atoms with van der Waals surface area (Å²) in [5, 5.41) is 12.2. The topological polar surface area (TPSA) is 110 Å². The lowest BCUT2D eigenvalue weighted by molar-refractivity contribution is -0.123. The van der Waals surface area contributed by atoms with E-state index in [0.717, 1.165) is 11.1 Å². The van der Waals surface area contributed by atoms with Crippen LogP contribution in [0.1, 0.15) is 28.8 Å². The molecule has 3 N–H and O–H groups in total. The first-order chi connectivity index (χ1) is 21.0. The molecule has 0 aliphatic heterocycles. The summed E-state index contributed by atoms with van der Waals surface area (Å²) >= 11 is 0. The molecule has 2 heterocycles. The molecular weight excluding hydrogens is 580 g/mol. The maximum absolute atomic E-state index is 13.2. The lowest BCUT2D eigenvalue weighted by atomic mass is 10.00. The highest BCUT2D eigenvalue weighted by Gasteiger charge is 2.28. The van der Waals surface area contributed by atoms with Gasteiger partial charge in [-0.15, -0.1) is 5.10 Å². The van der Waals surface area contributed by atoms with Crippen molar-refractivity contribution in [1.29, 1.82) is 0 Å². The number of anilines is 3. The van der Waals surface area contributed by atoms with Crippen LogP contribution < -0.4 is 20.7 Å². The van der Waals surface area contributed by atoms with Gasteiger partial charge in [0.15, 0.2) is 5.65 Å². The van der Waals surface area contributed by atoms with Crippen LogP contribution in [-0.2, 0) is 4.79 Å². The number of benzene rings is 3. The molecule has 44 heavy (non-hydrogen) atoms. The van der Waals surface area contributed by atoms with E-state index in [1.807, 2.05) is 23.5 Å². The Morgan fingerprint density at radius 1 is 0.955 bits per heavy atom. The molecule has 9 nitrogen and oxygen atoms in total. The van der Waals surface area contributed by atoms with E-state index in [0.29, 0.717) is 22.6 Å². The predicted molar refractivity (Wildman–Crippen MR) is 157 cm³/mol. The predicted octanol–water partition coefficient (Wildman–Crippen LogP) is 6.32. The van der Waals surface area contributed by atoms with Crippen molar-refractivity contribution in [2.24, 2.45) is 0 Å².